The first kappa shape index (κ1) is 13.5. The van der Waals surface area contributed by atoms with Crippen LogP contribution in [0.4, 0.5) is 5.69 Å². The van der Waals surface area contributed by atoms with E-state index in [0.717, 1.165) is 17.4 Å². The Morgan fingerprint density at radius 2 is 2.05 bits per heavy atom. The number of rotatable bonds is 2. The Morgan fingerprint density at radius 1 is 1.25 bits per heavy atom. The molecule has 0 amide bonds. The fourth-order valence-electron chi connectivity index (χ4n) is 2.85. The van der Waals surface area contributed by atoms with Crippen LogP contribution in [0.25, 0.3) is 0 Å². The largest absolute Gasteiger partial charge is 0.507 e. The molecule has 1 aliphatic rings. The Kier molecular flexibility index (Phi) is 3.70. The molecular weight excluding hydrogens is 314 g/mol. The van der Waals surface area contributed by atoms with Gasteiger partial charge in [-0.3, -0.25) is 0 Å². The maximum absolute atomic E-state index is 9.60. The molecular formula is C17H18BrNO. The molecule has 0 aromatic heterocycles. The van der Waals surface area contributed by atoms with Crippen molar-refractivity contribution in [2.45, 2.75) is 32.4 Å². The molecule has 1 atom stereocenters. The van der Waals surface area contributed by atoms with Crippen LogP contribution in [0.3, 0.4) is 0 Å². The van der Waals surface area contributed by atoms with Gasteiger partial charge in [0, 0.05) is 18.3 Å². The maximum Gasteiger partial charge on any atom is 0.129 e. The van der Waals surface area contributed by atoms with E-state index < -0.39 is 0 Å². The van der Waals surface area contributed by atoms with Crippen LogP contribution in [0.5, 0.6) is 5.75 Å². The van der Waals surface area contributed by atoms with Crippen LogP contribution in [0.1, 0.15) is 24.5 Å². The van der Waals surface area contributed by atoms with Gasteiger partial charge in [0.1, 0.15) is 5.75 Å². The van der Waals surface area contributed by atoms with Crippen molar-refractivity contribution in [1.29, 1.82) is 0 Å². The van der Waals surface area contributed by atoms with Crippen molar-refractivity contribution >= 4 is 21.6 Å². The molecule has 0 spiro atoms. The number of benzene rings is 2. The molecule has 2 nitrogen and oxygen atoms in total. The van der Waals surface area contributed by atoms with Crippen molar-refractivity contribution in [2.75, 3.05) is 4.90 Å². The number of para-hydroxylation sites is 1. The zero-order valence-corrected chi connectivity index (χ0v) is 13.1. The summed E-state index contributed by atoms with van der Waals surface area (Å²) in [5, 5.41) is 9.60. The number of hydrogen-bond acceptors (Lipinski definition) is 2. The summed E-state index contributed by atoms with van der Waals surface area (Å²) in [5.41, 5.74) is 3.98. The first-order valence-electron chi connectivity index (χ1n) is 6.97. The summed E-state index contributed by atoms with van der Waals surface area (Å²) in [6.45, 7) is 3.16. The number of phenolic OH excluding ortho intramolecular Hbond substituents is 1. The van der Waals surface area contributed by atoms with Crippen molar-refractivity contribution in [3.05, 3.63) is 58.1 Å². The number of nitrogens with zero attached hydrogens (tertiary/aromatic N) is 1. The van der Waals surface area contributed by atoms with Gasteiger partial charge in [0.2, 0.25) is 0 Å². The SMILES string of the molecule is CC1CCc2ccccc2N1Cc1ccc(O)c(Br)c1. The second-order valence-corrected chi connectivity index (χ2v) is 6.28. The first-order chi connectivity index (χ1) is 9.65. The standard InChI is InChI=1S/C17H18BrNO/c1-12-6-8-14-4-2-3-5-16(14)19(12)11-13-7-9-17(20)15(18)10-13/h2-5,7,9-10,12,20H,6,8,11H2,1H3. The first-order valence-corrected chi connectivity index (χ1v) is 7.76. The summed E-state index contributed by atoms with van der Waals surface area (Å²) in [7, 11) is 0. The van der Waals surface area contributed by atoms with Crippen molar-refractivity contribution < 1.29 is 5.11 Å². The molecule has 1 N–H and O–H groups in total. The van der Waals surface area contributed by atoms with Crippen molar-refractivity contribution in [3.8, 4) is 5.75 Å². The van der Waals surface area contributed by atoms with E-state index in [2.05, 4.69) is 52.0 Å². The Balaban J connectivity index is 1.91. The van der Waals surface area contributed by atoms with Crippen molar-refractivity contribution in [3.63, 3.8) is 0 Å². The molecule has 104 valence electrons. The van der Waals surface area contributed by atoms with E-state index in [4.69, 9.17) is 0 Å². The lowest BCUT2D eigenvalue weighted by Gasteiger charge is -2.37. The summed E-state index contributed by atoms with van der Waals surface area (Å²) in [6, 6.07) is 14.9. The normalized spacial score (nSPS) is 17.9. The van der Waals surface area contributed by atoms with Crippen LogP contribution in [0.15, 0.2) is 46.9 Å². The highest BCUT2D eigenvalue weighted by molar-refractivity contribution is 9.10. The summed E-state index contributed by atoms with van der Waals surface area (Å²) in [5.74, 6) is 0.292. The van der Waals surface area contributed by atoms with Crippen molar-refractivity contribution in [1.82, 2.24) is 0 Å². The predicted octanol–water partition coefficient (Wildman–Crippen LogP) is 4.50. The van der Waals surface area contributed by atoms with Gasteiger partial charge >= 0.3 is 0 Å². The highest BCUT2D eigenvalue weighted by Crippen LogP contribution is 2.33. The number of aryl methyl sites for hydroxylation is 1. The van der Waals surface area contributed by atoms with Crippen LogP contribution in [-0.4, -0.2) is 11.1 Å². The zero-order valence-electron chi connectivity index (χ0n) is 11.5. The second-order valence-electron chi connectivity index (χ2n) is 5.43. The number of hydrogen-bond donors (Lipinski definition) is 1. The molecule has 3 rings (SSSR count). The molecule has 0 saturated heterocycles. The highest BCUT2D eigenvalue weighted by atomic mass is 79.9. The molecule has 1 unspecified atom stereocenters. The molecule has 2 aromatic carbocycles. The third-order valence-electron chi connectivity index (χ3n) is 4.03. The van der Waals surface area contributed by atoms with Gasteiger partial charge in [-0.1, -0.05) is 24.3 Å². The molecule has 20 heavy (non-hydrogen) atoms. The predicted molar refractivity (Wildman–Crippen MR) is 86.2 cm³/mol. The molecule has 0 radical (unpaired) electrons. The molecule has 1 heterocycles. The fourth-order valence-corrected chi connectivity index (χ4v) is 3.27. The van der Waals surface area contributed by atoms with E-state index >= 15 is 0 Å². The Labute approximate surface area is 128 Å². The Morgan fingerprint density at radius 3 is 2.85 bits per heavy atom. The smallest absolute Gasteiger partial charge is 0.129 e. The van der Waals surface area contributed by atoms with Gasteiger partial charge in [-0.25, -0.2) is 0 Å². The third kappa shape index (κ3) is 2.55. The van der Waals surface area contributed by atoms with Gasteiger partial charge in [-0.15, -0.1) is 0 Å². The van der Waals surface area contributed by atoms with Gasteiger partial charge in [0.15, 0.2) is 0 Å². The van der Waals surface area contributed by atoms with Crippen LogP contribution in [0.2, 0.25) is 0 Å². The lowest BCUT2D eigenvalue weighted by Crippen LogP contribution is -2.36. The number of aromatic hydroxyl groups is 1. The molecule has 2 aromatic rings. The van der Waals surface area contributed by atoms with Gasteiger partial charge < -0.3 is 10.0 Å². The van der Waals surface area contributed by atoms with Crippen molar-refractivity contribution in [2.24, 2.45) is 0 Å². The zero-order chi connectivity index (χ0) is 14.1. The summed E-state index contributed by atoms with van der Waals surface area (Å²) < 4.78 is 0.757. The highest BCUT2D eigenvalue weighted by Gasteiger charge is 2.22. The fraction of sp³-hybridized carbons (Fsp3) is 0.294. The minimum Gasteiger partial charge on any atom is -0.507 e. The average Bonchev–Trinajstić information content (AvgIpc) is 2.46. The third-order valence-corrected chi connectivity index (χ3v) is 4.66. The molecule has 0 saturated carbocycles. The van der Waals surface area contributed by atoms with Crippen LogP contribution >= 0.6 is 15.9 Å². The van der Waals surface area contributed by atoms with Crippen LogP contribution < -0.4 is 4.90 Å². The number of phenols is 1. The van der Waals surface area contributed by atoms with E-state index in [1.54, 1.807) is 6.07 Å². The summed E-state index contributed by atoms with van der Waals surface area (Å²) in [4.78, 5) is 2.46. The van der Waals surface area contributed by atoms with E-state index in [1.165, 1.54) is 23.2 Å². The lowest BCUT2D eigenvalue weighted by molar-refractivity contribution is 0.471. The van der Waals surface area contributed by atoms with E-state index in [9.17, 15) is 5.11 Å². The number of anilines is 1. The van der Waals surface area contributed by atoms with Gasteiger partial charge in [0.25, 0.3) is 0 Å². The number of fused-ring (bicyclic) bond motifs is 1. The molecule has 0 fully saturated rings. The number of halogens is 1. The van der Waals surface area contributed by atoms with E-state index in [1.807, 2.05) is 12.1 Å². The second kappa shape index (κ2) is 5.49. The van der Waals surface area contributed by atoms with Gasteiger partial charge in [0.05, 0.1) is 4.47 Å². The van der Waals surface area contributed by atoms with Crippen LogP contribution in [0, 0.1) is 0 Å². The molecule has 1 aliphatic heterocycles. The average molecular weight is 332 g/mol. The van der Waals surface area contributed by atoms with Gasteiger partial charge in [-0.2, -0.15) is 0 Å². The minimum atomic E-state index is 0.292. The quantitative estimate of drug-likeness (QED) is 0.875. The Hall–Kier alpha value is -1.48. The molecule has 3 heteroatoms. The lowest BCUT2D eigenvalue weighted by atomic mass is 9.96. The summed E-state index contributed by atoms with van der Waals surface area (Å²) >= 11 is 3.39. The maximum atomic E-state index is 9.60. The molecule has 0 aliphatic carbocycles. The van der Waals surface area contributed by atoms with E-state index in [-0.39, 0.29) is 0 Å². The molecule has 0 bridgehead atoms. The minimum absolute atomic E-state index is 0.292. The van der Waals surface area contributed by atoms with Gasteiger partial charge in [-0.05, 0) is 65.0 Å². The monoisotopic (exact) mass is 331 g/mol. The summed E-state index contributed by atoms with van der Waals surface area (Å²) in [6.07, 6.45) is 2.35. The Bertz CT molecular complexity index is 626. The van der Waals surface area contributed by atoms with Crippen LogP contribution in [-0.2, 0) is 13.0 Å². The van der Waals surface area contributed by atoms with E-state index in [0.29, 0.717) is 11.8 Å². The topological polar surface area (TPSA) is 23.5 Å².